The van der Waals surface area contributed by atoms with Gasteiger partial charge in [-0.15, -0.1) is 5.06 Å². The second kappa shape index (κ2) is 15.2. The van der Waals surface area contributed by atoms with E-state index in [9.17, 15) is 23.8 Å². The number of hydroxylamine groups is 2. The number of nitrogens with zero attached hydrogens (tertiary/aromatic N) is 5. The molecule has 0 radical (unpaired) electrons. The number of hydrogen-bond donors (Lipinski definition) is 3. The number of carbonyl (C=O) groups excluding carboxylic acids is 2. The molecule has 4 rings (SSSR count). The molecule has 0 spiro atoms. The molecule has 1 unspecified atom stereocenters. The topological polar surface area (TPSA) is 175 Å². The van der Waals surface area contributed by atoms with Crippen LogP contribution < -0.4 is 10.2 Å². The minimum atomic E-state index is -4.02. The Morgan fingerprint density at radius 2 is 1.74 bits per heavy atom. The molecule has 1 aromatic heterocycles. The summed E-state index contributed by atoms with van der Waals surface area (Å²) in [6.07, 6.45) is 1.49. The van der Waals surface area contributed by atoms with Gasteiger partial charge in [-0.25, -0.2) is 14.8 Å². The zero-order valence-electron chi connectivity index (χ0n) is 24.3. The Morgan fingerprint density at radius 1 is 1.05 bits per heavy atom. The van der Waals surface area contributed by atoms with Crippen LogP contribution in [0.1, 0.15) is 49.5 Å². The number of benzene rings is 1. The van der Waals surface area contributed by atoms with Gasteiger partial charge in [0.15, 0.2) is 5.82 Å². The number of nitrogens with one attached hydrogen (secondary N) is 1. The van der Waals surface area contributed by atoms with Gasteiger partial charge in [0.25, 0.3) is 5.91 Å². The van der Waals surface area contributed by atoms with Gasteiger partial charge in [0.2, 0.25) is 5.91 Å². The highest BCUT2D eigenvalue weighted by Crippen LogP contribution is 2.43. The lowest BCUT2D eigenvalue weighted by Crippen LogP contribution is -2.55. The average Bonchev–Trinajstić information content (AvgIpc) is 3.55. The molecule has 3 N–H and O–H groups in total. The Hall–Kier alpha value is -3.58. The fourth-order valence-electron chi connectivity index (χ4n) is 4.90. The number of hydrogen-bond acceptors (Lipinski definition) is 10. The highest BCUT2D eigenvalue weighted by atomic mass is 31.2. The lowest BCUT2D eigenvalue weighted by Gasteiger charge is -2.35. The van der Waals surface area contributed by atoms with Crippen LogP contribution in [0.25, 0.3) is 11.4 Å². The van der Waals surface area contributed by atoms with Crippen molar-refractivity contribution < 1.29 is 38.3 Å². The van der Waals surface area contributed by atoms with E-state index in [1.54, 1.807) is 6.07 Å². The molecule has 15 heteroatoms. The molecule has 0 saturated carbocycles. The maximum atomic E-state index is 13.7. The Labute approximate surface area is 250 Å². The van der Waals surface area contributed by atoms with Crippen LogP contribution >= 0.6 is 7.60 Å². The summed E-state index contributed by atoms with van der Waals surface area (Å²) in [5, 5.41) is 12.8. The standard InChI is InChI=1S/C28H39N6O8P/c1-2-3-18-41-43(39,40)19-11-22(27(36)33-14-16-34(17-15-33)42-28(37)38)30-26(35)23-20-24(32-12-7-8-13-32)31-25(29-23)21-9-5-4-6-10-21/h4-6,9-10,20,22H,2-3,7-8,11-19H2,1H3,(H,30,35)(H,37,38)(H,39,40)/t22-/m0/s1. The lowest BCUT2D eigenvalue weighted by atomic mass is 10.1. The van der Waals surface area contributed by atoms with Crippen LogP contribution in [-0.2, 0) is 18.7 Å². The SMILES string of the molecule is CCCCOP(=O)(O)CC[C@H](NC(=O)c1cc(N2CCCC2)nc(-c2ccccc2)n1)C(=O)N1CCN(OC(=O)O)CC1. The molecule has 2 aliphatic heterocycles. The molecular formula is C28H39N6O8P. The third kappa shape index (κ3) is 9.45. The van der Waals surface area contributed by atoms with Gasteiger partial charge in [-0.3, -0.25) is 14.2 Å². The molecule has 0 bridgehead atoms. The van der Waals surface area contributed by atoms with Crippen LogP contribution in [0.5, 0.6) is 0 Å². The molecule has 2 saturated heterocycles. The van der Waals surface area contributed by atoms with E-state index in [4.69, 9.17) is 14.6 Å². The zero-order chi connectivity index (χ0) is 30.8. The van der Waals surface area contributed by atoms with Gasteiger partial charge in [-0.05, 0) is 25.7 Å². The van der Waals surface area contributed by atoms with Crippen molar-refractivity contribution >= 4 is 31.4 Å². The Morgan fingerprint density at radius 3 is 2.40 bits per heavy atom. The van der Waals surface area contributed by atoms with Crippen LogP contribution in [0.15, 0.2) is 36.4 Å². The molecule has 2 fully saturated rings. The molecule has 14 nitrogen and oxygen atoms in total. The lowest BCUT2D eigenvalue weighted by molar-refractivity contribution is -0.154. The predicted molar refractivity (Wildman–Crippen MR) is 158 cm³/mol. The number of piperazine rings is 1. The quantitative estimate of drug-likeness (QED) is 0.221. The number of aromatic nitrogens is 2. The molecule has 2 aliphatic rings. The van der Waals surface area contributed by atoms with Crippen molar-refractivity contribution in [1.29, 1.82) is 0 Å². The van der Waals surface area contributed by atoms with Crippen molar-refractivity contribution in [3.8, 4) is 11.4 Å². The Balaban J connectivity index is 1.55. The van der Waals surface area contributed by atoms with Gasteiger partial charge in [-0.2, -0.15) is 0 Å². The smallest absolute Gasteiger partial charge is 0.448 e. The molecule has 3 heterocycles. The molecule has 1 aromatic carbocycles. The van der Waals surface area contributed by atoms with Crippen LogP contribution in [0, 0.1) is 0 Å². The van der Waals surface area contributed by atoms with E-state index in [1.807, 2.05) is 37.3 Å². The first-order valence-corrected chi connectivity index (χ1v) is 16.3. The highest BCUT2D eigenvalue weighted by molar-refractivity contribution is 7.52. The van der Waals surface area contributed by atoms with E-state index in [2.05, 4.69) is 20.0 Å². The fraction of sp³-hybridized carbons (Fsp3) is 0.536. The van der Waals surface area contributed by atoms with Crippen LogP contribution in [-0.4, -0.2) is 106 Å². The number of rotatable bonds is 13. The van der Waals surface area contributed by atoms with E-state index in [1.165, 1.54) is 9.96 Å². The highest BCUT2D eigenvalue weighted by Gasteiger charge is 2.33. The van der Waals surface area contributed by atoms with Gasteiger partial charge in [0, 0.05) is 37.8 Å². The molecule has 43 heavy (non-hydrogen) atoms. The second-order valence-corrected chi connectivity index (χ2v) is 12.4. The van der Waals surface area contributed by atoms with Gasteiger partial charge >= 0.3 is 13.8 Å². The summed E-state index contributed by atoms with van der Waals surface area (Å²) in [7, 11) is -4.02. The third-order valence-electron chi connectivity index (χ3n) is 7.26. The van der Waals surface area contributed by atoms with Crippen molar-refractivity contribution in [2.45, 2.75) is 45.1 Å². The first kappa shape index (κ1) is 32.3. The van der Waals surface area contributed by atoms with Crippen LogP contribution in [0.3, 0.4) is 0 Å². The largest absolute Gasteiger partial charge is 0.525 e. The summed E-state index contributed by atoms with van der Waals surface area (Å²) in [4.78, 5) is 66.0. The maximum Gasteiger partial charge on any atom is 0.525 e. The van der Waals surface area contributed by atoms with Crippen molar-refractivity contribution in [3.63, 3.8) is 0 Å². The molecule has 2 atom stereocenters. The molecule has 2 aromatic rings. The van der Waals surface area contributed by atoms with E-state index < -0.39 is 31.6 Å². The summed E-state index contributed by atoms with van der Waals surface area (Å²) in [5.41, 5.74) is 0.803. The minimum absolute atomic E-state index is 0.0691. The molecule has 0 aliphatic carbocycles. The van der Waals surface area contributed by atoms with E-state index in [-0.39, 0.29) is 51.1 Å². The number of anilines is 1. The van der Waals surface area contributed by atoms with Gasteiger partial charge in [-0.1, -0.05) is 43.7 Å². The second-order valence-electron chi connectivity index (χ2n) is 10.5. The third-order valence-corrected chi connectivity index (χ3v) is 8.67. The number of unbranched alkanes of at least 4 members (excludes halogenated alkanes) is 1. The van der Waals surface area contributed by atoms with Crippen molar-refractivity contribution in [2.24, 2.45) is 0 Å². The first-order valence-electron chi connectivity index (χ1n) is 14.6. The van der Waals surface area contributed by atoms with E-state index in [0.717, 1.165) is 37.9 Å². The Bertz CT molecular complexity index is 1300. The summed E-state index contributed by atoms with van der Waals surface area (Å²) in [6, 6.07) is 9.72. The summed E-state index contributed by atoms with van der Waals surface area (Å²) in [6.45, 7) is 4.22. The van der Waals surface area contributed by atoms with Gasteiger partial charge in [0.05, 0.1) is 25.9 Å². The normalized spacial score (nSPS) is 17.7. The molecular weight excluding hydrogens is 579 g/mol. The molecule has 234 valence electrons. The predicted octanol–water partition coefficient (Wildman–Crippen LogP) is 2.99. The number of carbonyl (C=O) groups is 3. The fourth-order valence-corrected chi connectivity index (χ4v) is 6.03. The monoisotopic (exact) mass is 618 g/mol. The zero-order valence-corrected chi connectivity index (χ0v) is 25.2. The van der Waals surface area contributed by atoms with Gasteiger partial charge in [0.1, 0.15) is 17.6 Å². The van der Waals surface area contributed by atoms with E-state index >= 15 is 0 Å². The minimum Gasteiger partial charge on any atom is -0.448 e. The van der Waals surface area contributed by atoms with Crippen molar-refractivity contribution in [3.05, 3.63) is 42.1 Å². The first-order chi connectivity index (χ1) is 20.6. The summed E-state index contributed by atoms with van der Waals surface area (Å²) in [5.74, 6) is -0.102. The number of carboxylic acid groups (broad SMARTS) is 1. The van der Waals surface area contributed by atoms with Crippen molar-refractivity contribution in [1.82, 2.24) is 25.2 Å². The maximum absolute atomic E-state index is 13.7. The molecule has 2 amide bonds. The Kier molecular flexibility index (Phi) is 11.5. The summed E-state index contributed by atoms with van der Waals surface area (Å²) >= 11 is 0. The van der Waals surface area contributed by atoms with Gasteiger partial charge < -0.3 is 34.5 Å². The average molecular weight is 619 g/mol. The summed E-state index contributed by atoms with van der Waals surface area (Å²) < 4.78 is 17.9. The van der Waals surface area contributed by atoms with Crippen LogP contribution in [0.2, 0.25) is 0 Å². The van der Waals surface area contributed by atoms with Crippen molar-refractivity contribution in [2.75, 3.05) is 56.9 Å². The van der Waals surface area contributed by atoms with E-state index in [0.29, 0.717) is 18.1 Å². The van der Waals surface area contributed by atoms with Crippen LogP contribution in [0.4, 0.5) is 10.6 Å². The number of amides is 2.